The molecule has 256 valence electrons. The number of hydrogen-bond donors (Lipinski definition) is 0. The molecule has 0 unspecified atom stereocenters. The predicted octanol–water partition coefficient (Wildman–Crippen LogP) is 13.9. The van der Waals surface area contributed by atoms with Crippen molar-refractivity contribution < 1.29 is 0 Å². The summed E-state index contributed by atoms with van der Waals surface area (Å²) in [5.74, 6) is 0. The van der Waals surface area contributed by atoms with Gasteiger partial charge in [0.25, 0.3) is 0 Å². The fraction of sp³-hybridized carbons (Fsp3) is 0.0385. The van der Waals surface area contributed by atoms with E-state index in [9.17, 15) is 0 Å². The molecule has 2 nitrogen and oxygen atoms in total. The topological polar surface area (TPSA) is 6.48 Å². The highest BCUT2D eigenvalue weighted by molar-refractivity contribution is 5.86. The number of fused-ring (bicyclic) bond motifs is 6. The highest BCUT2D eigenvalue weighted by Gasteiger charge is 2.23. The van der Waals surface area contributed by atoms with Crippen molar-refractivity contribution in [3.8, 4) is 22.3 Å². The predicted molar refractivity (Wildman–Crippen MR) is 228 cm³/mol. The minimum atomic E-state index is 0.933. The molecule has 0 bridgehead atoms. The maximum atomic E-state index is 2.37. The molecule has 54 heavy (non-hydrogen) atoms. The van der Waals surface area contributed by atoms with Crippen molar-refractivity contribution in [1.82, 2.24) is 0 Å². The van der Waals surface area contributed by atoms with Gasteiger partial charge in [0.1, 0.15) is 0 Å². The Bertz CT molecular complexity index is 2380. The zero-order valence-electron chi connectivity index (χ0n) is 29.9. The van der Waals surface area contributed by atoms with Crippen molar-refractivity contribution in [3.63, 3.8) is 0 Å². The maximum Gasteiger partial charge on any atom is 0.0464 e. The molecule has 0 aromatic heterocycles. The first kappa shape index (κ1) is 31.8. The number of para-hydroxylation sites is 4. The highest BCUT2D eigenvalue weighted by atomic mass is 15.1. The quantitative estimate of drug-likeness (QED) is 0.146. The van der Waals surface area contributed by atoms with E-state index >= 15 is 0 Å². The van der Waals surface area contributed by atoms with Crippen LogP contribution in [-0.4, -0.2) is 0 Å². The summed E-state index contributed by atoms with van der Waals surface area (Å²) < 4.78 is 0. The molecule has 0 N–H and O–H groups in total. The monoisotopic (exact) mass is 690 g/mol. The summed E-state index contributed by atoms with van der Waals surface area (Å²) in [4.78, 5) is 4.69. The van der Waals surface area contributed by atoms with Crippen molar-refractivity contribution in [1.29, 1.82) is 0 Å². The Morgan fingerprint density at radius 2 is 0.574 bits per heavy atom. The third-order valence-corrected chi connectivity index (χ3v) is 10.8. The van der Waals surface area contributed by atoms with Gasteiger partial charge in [0, 0.05) is 34.1 Å². The SMILES string of the molecule is C(=C\c1ccc2c(c1)Cc1cc(N(c3ccccc3)c3ccccc3)ccc1-2)/c1ccc2c(c1)Cc1cc(N(c3ccccc3)c3ccccc3)ccc1-2. The molecule has 0 atom stereocenters. The smallest absolute Gasteiger partial charge is 0.0464 e. The summed E-state index contributed by atoms with van der Waals surface area (Å²) in [6.07, 6.45) is 6.40. The summed E-state index contributed by atoms with van der Waals surface area (Å²) >= 11 is 0. The lowest BCUT2D eigenvalue weighted by Crippen LogP contribution is -2.09. The Morgan fingerprint density at radius 3 is 0.907 bits per heavy atom. The lowest BCUT2D eigenvalue weighted by atomic mass is 10.0. The summed E-state index contributed by atoms with van der Waals surface area (Å²) in [6.45, 7) is 0. The van der Waals surface area contributed by atoms with Gasteiger partial charge in [-0.1, -0.05) is 133 Å². The van der Waals surface area contributed by atoms with E-state index in [-0.39, 0.29) is 0 Å². The number of hydrogen-bond acceptors (Lipinski definition) is 2. The van der Waals surface area contributed by atoms with E-state index in [0.29, 0.717) is 0 Å². The number of benzene rings is 8. The first-order valence-corrected chi connectivity index (χ1v) is 18.8. The Kier molecular flexibility index (Phi) is 8.00. The first-order valence-electron chi connectivity index (χ1n) is 18.8. The van der Waals surface area contributed by atoms with Gasteiger partial charge in [-0.25, -0.2) is 0 Å². The summed E-state index contributed by atoms with van der Waals surface area (Å²) in [5.41, 5.74) is 20.3. The molecule has 0 saturated heterocycles. The third-order valence-electron chi connectivity index (χ3n) is 10.8. The number of nitrogens with zero attached hydrogens (tertiary/aromatic N) is 2. The Hall–Kier alpha value is -6.90. The van der Waals surface area contributed by atoms with Crippen molar-refractivity contribution in [3.05, 3.63) is 228 Å². The van der Waals surface area contributed by atoms with E-state index in [1.165, 1.54) is 67.0 Å². The second-order valence-corrected chi connectivity index (χ2v) is 14.2. The van der Waals surface area contributed by atoms with Gasteiger partial charge in [-0.2, -0.15) is 0 Å². The Morgan fingerprint density at radius 1 is 0.278 bits per heavy atom. The number of rotatable bonds is 8. The van der Waals surface area contributed by atoms with E-state index < -0.39 is 0 Å². The molecule has 0 aliphatic heterocycles. The van der Waals surface area contributed by atoms with Gasteiger partial charge < -0.3 is 9.80 Å². The van der Waals surface area contributed by atoms with Gasteiger partial charge in [0.05, 0.1) is 0 Å². The van der Waals surface area contributed by atoms with E-state index in [2.05, 4.69) is 216 Å². The van der Waals surface area contributed by atoms with E-state index in [1.807, 2.05) is 0 Å². The van der Waals surface area contributed by atoms with Crippen LogP contribution in [0.1, 0.15) is 33.4 Å². The van der Waals surface area contributed by atoms with Crippen LogP contribution in [0.4, 0.5) is 34.1 Å². The van der Waals surface area contributed by atoms with Crippen LogP contribution in [0.25, 0.3) is 34.4 Å². The van der Waals surface area contributed by atoms with Crippen LogP contribution in [0.15, 0.2) is 194 Å². The third kappa shape index (κ3) is 5.88. The van der Waals surface area contributed by atoms with Crippen molar-refractivity contribution in [2.75, 3.05) is 9.80 Å². The second-order valence-electron chi connectivity index (χ2n) is 14.2. The largest absolute Gasteiger partial charge is 0.310 e. The average Bonchev–Trinajstić information content (AvgIpc) is 3.78. The minimum Gasteiger partial charge on any atom is -0.310 e. The second kappa shape index (κ2) is 13.6. The van der Waals surface area contributed by atoms with E-state index in [1.54, 1.807) is 0 Å². The molecular formula is C52H38N2. The van der Waals surface area contributed by atoms with Crippen molar-refractivity contribution >= 4 is 46.3 Å². The maximum absolute atomic E-state index is 2.37. The zero-order valence-corrected chi connectivity index (χ0v) is 29.9. The van der Waals surface area contributed by atoms with Gasteiger partial charge in [-0.05, 0) is 141 Å². The lowest BCUT2D eigenvalue weighted by molar-refractivity contribution is 1.23. The molecule has 2 heteroatoms. The molecule has 10 rings (SSSR count). The average molecular weight is 691 g/mol. The van der Waals surface area contributed by atoms with Gasteiger partial charge in [0.2, 0.25) is 0 Å². The minimum absolute atomic E-state index is 0.933. The van der Waals surface area contributed by atoms with Gasteiger partial charge in [-0.3, -0.25) is 0 Å². The molecule has 0 saturated carbocycles. The van der Waals surface area contributed by atoms with Crippen LogP contribution >= 0.6 is 0 Å². The van der Waals surface area contributed by atoms with Crippen LogP contribution in [0, 0.1) is 0 Å². The fourth-order valence-corrected chi connectivity index (χ4v) is 8.31. The molecule has 0 fully saturated rings. The van der Waals surface area contributed by atoms with Crippen LogP contribution in [-0.2, 0) is 12.8 Å². The van der Waals surface area contributed by atoms with E-state index in [4.69, 9.17) is 0 Å². The molecular weight excluding hydrogens is 653 g/mol. The molecule has 8 aromatic carbocycles. The summed E-state index contributed by atoms with van der Waals surface area (Å²) in [5, 5.41) is 0. The van der Waals surface area contributed by atoms with Crippen LogP contribution in [0.2, 0.25) is 0 Å². The molecule has 0 amide bonds. The van der Waals surface area contributed by atoms with Crippen LogP contribution in [0.5, 0.6) is 0 Å². The highest BCUT2D eigenvalue weighted by Crippen LogP contribution is 2.44. The molecule has 2 aliphatic carbocycles. The fourth-order valence-electron chi connectivity index (χ4n) is 8.31. The Labute approximate surface area is 317 Å². The van der Waals surface area contributed by atoms with Gasteiger partial charge in [-0.15, -0.1) is 0 Å². The van der Waals surface area contributed by atoms with Crippen LogP contribution < -0.4 is 9.80 Å². The molecule has 0 radical (unpaired) electrons. The standard InChI is InChI=1S/C52H38N2/c1-5-13-43(14-6-1)53(44-15-7-2-8-16-44)47-25-29-51-41(35-47)33-39-31-37(23-27-49(39)51)21-22-38-24-28-50-40(32-38)34-42-36-48(26-30-52(42)50)54(45-17-9-3-10-18-45)46-19-11-4-12-20-46/h1-32,35-36H,33-34H2/b22-21+. The van der Waals surface area contributed by atoms with E-state index in [0.717, 1.165) is 35.6 Å². The first-order chi connectivity index (χ1) is 26.7. The van der Waals surface area contributed by atoms with Gasteiger partial charge in [0.15, 0.2) is 0 Å². The summed E-state index contributed by atoms with van der Waals surface area (Å²) in [7, 11) is 0. The lowest BCUT2D eigenvalue weighted by Gasteiger charge is -2.26. The Balaban J connectivity index is 0.884. The van der Waals surface area contributed by atoms with Crippen molar-refractivity contribution in [2.24, 2.45) is 0 Å². The molecule has 0 spiro atoms. The van der Waals surface area contributed by atoms with Crippen molar-refractivity contribution in [2.45, 2.75) is 12.8 Å². The molecule has 2 aliphatic rings. The number of anilines is 6. The van der Waals surface area contributed by atoms with Crippen LogP contribution in [0.3, 0.4) is 0 Å². The summed E-state index contributed by atoms with van der Waals surface area (Å²) in [6, 6.07) is 70.3. The molecule has 0 heterocycles. The molecule has 8 aromatic rings. The normalized spacial score (nSPS) is 12.2. The zero-order chi connectivity index (χ0) is 35.8. The van der Waals surface area contributed by atoms with Gasteiger partial charge >= 0.3 is 0 Å².